The first-order valence-corrected chi connectivity index (χ1v) is 6.59. The van der Waals surface area contributed by atoms with E-state index in [0.717, 1.165) is 17.3 Å². The molecular weight excluding hydrogens is 296 g/mol. The molecule has 1 aromatic rings. The second kappa shape index (κ2) is 5.40. The van der Waals surface area contributed by atoms with Gasteiger partial charge < -0.3 is 10.0 Å². The van der Waals surface area contributed by atoms with Crippen molar-refractivity contribution >= 4 is 27.6 Å². The molecule has 2 rings (SSSR count). The van der Waals surface area contributed by atoms with Crippen molar-refractivity contribution in [3.8, 4) is 6.07 Å². The van der Waals surface area contributed by atoms with Crippen LogP contribution >= 0.6 is 15.9 Å². The SMILES string of the molecule is N#CCCN(c1cc(Br)ccc1C(=O)O)C1CC1. The third-order valence-corrected chi connectivity index (χ3v) is 3.45. The average molecular weight is 309 g/mol. The van der Waals surface area contributed by atoms with Gasteiger partial charge in [-0.15, -0.1) is 0 Å². The normalized spacial score (nSPS) is 14.0. The van der Waals surface area contributed by atoms with E-state index in [-0.39, 0.29) is 0 Å². The van der Waals surface area contributed by atoms with Crippen molar-refractivity contribution in [2.45, 2.75) is 25.3 Å². The lowest BCUT2D eigenvalue weighted by atomic mass is 10.1. The van der Waals surface area contributed by atoms with Gasteiger partial charge in [0.2, 0.25) is 0 Å². The summed E-state index contributed by atoms with van der Waals surface area (Å²) in [5, 5.41) is 17.9. The number of carboxylic acids is 1. The Hall–Kier alpha value is -1.54. The van der Waals surface area contributed by atoms with Gasteiger partial charge in [-0.25, -0.2) is 4.79 Å². The van der Waals surface area contributed by atoms with Crippen molar-refractivity contribution in [3.05, 3.63) is 28.2 Å². The molecule has 0 heterocycles. The molecule has 0 spiro atoms. The second-order valence-corrected chi connectivity index (χ2v) is 5.21. The van der Waals surface area contributed by atoms with Crippen molar-refractivity contribution in [2.75, 3.05) is 11.4 Å². The molecular formula is C13H13BrN2O2. The molecule has 5 heteroatoms. The van der Waals surface area contributed by atoms with Gasteiger partial charge in [0.25, 0.3) is 0 Å². The minimum Gasteiger partial charge on any atom is -0.478 e. The zero-order valence-corrected chi connectivity index (χ0v) is 11.4. The van der Waals surface area contributed by atoms with Gasteiger partial charge in [-0.05, 0) is 31.0 Å². The van der Waals surface area contributed by atoms with Crippen molar-refractivity contribution in [1.29, 1.82) is 5.26 Å². The molecule has 1 fully saturated rings. The summed E-state index contributed by atoms with van der Waals surface area (Å²) < 4.78 is 0.852. The van der Waals surface area contributed by atoms with Gasteiger partial charge in [0, 0.05) is 17.1 Å². The van der Waals surface area contributed by atoms with Crippen molar-refractivity contribution in [3.63, 3.8) is 0 Å². The van der Waals surface area contributed by atoms with Crippen LogP contribution in [-0.2, 0) is 0 Å². The molecule has 0 bridgehead atoms. The zero-order valence-electron chi connectivity index (χ0n) is 9.77. The lowest BCUT2D eigenvalue weighted by Gasteiger charge is -2.25. The fourth-order valence-corrected chi connectivity index (χ4v) is 2.33. The lowest BCUT2D eigenvalue weighted by Crippen LogP contribution is -2.28. The van der Waals surface area contributed by atoms with Gasteiger partial charge in [0.05, 0.1) is 23.7 Å². The second-order valence-electron chi connectivity index (χ2n) is 4.30. The molecule has 1 aromatic carbocycles. The number of halogens is 1. The van der Waals surface area contributed by atoms with Crippen molar-refractivity contribution in [1.82, 2.24) is 0 Å². The van der Waals surface area contributed by atoms with Gasteiger partial charge in [-0.1, -0.05) is 15.9 Å². The van der Waals surface area contributed by atoms with Crippen LogP contribution in [0.5, 0.6) is 0 Å². The van der Waals surface area contributed by atoms with E-state index in [4.69, 9.17) is 5.26 Å². The smallest absolute Gasteiger partial charge is 0.337 e. The van der Waals surface area contributed by atoms with Crippen molar-refractivity contribution in [2.24, 2.45) is 0 Å². The molecule has 0 aliphatic heterocycles. The number of hydrogen-bond acceptors (Lipinski definition) is 3. The van der Waals surface area contributed by atoms with Crippen LogP contribution in [0.4, 0.5) is 5.69 Å². The number of anilines is 1. The fourth-order valence-electron chi connectivity index (χ4n) is 1.98. The van der Waals surface area contributed by atoms with Gasteiger partial charge >= 0.3 is 5.97 Å². The summed E-state index contributed by atoms with van der Waals surface area (Å²) in [6.45, 7) is 0.581. The summed E-state index contributed by atoms with van der Waals surface area (Å²) in [6, 6.07) is 7.64. The minimum atomic E-state index is -0.930. The van der Waals surface area contributed by atoms with E-state index in [1.54, 1.807) is 12.1 Å². The Balaban J connectivity index is 2.36. The molecule has 0 aromatic heterocycles. The molecule has 1 aliphatic carbocycles. The molecule has 1 N–H and O–H groups in total. The summed E-state index contributed by atoms with van der Waals surface area (Å²) in [5.74, 6) is -0.930. The molecule has 94 valence electrons. The molecule has 0 atom stereocenters. The molecule has 1 aliphatic rings. The Morgan fingerprint density at radius 3 is 2.83 bits per heavy atom. The molecule has 0 unspecified atom stereocenters. The van der Waals surface area contributed by atoms with Gasteiger partial charge in [0.1, 0.15) is 0 Å². The minimum absolute atomic E-state index is 0.294. The number of benzene rings is 1. The van der Waals surface area contributed by atoms with Crippen LogP contribution in [0.25, 0.3) is 0 Å². The number of nitriles is 1. The molecule has 0 amide bonds. The summed E-state index contributed by atoms with van der Waals surface area (Å²) in [6.07, 6.45) is 2.54. The number of nitrogens with zero attached hydrogens (tertiary/aromatic N) is 2. The van der Waals surface area contributed by atoms with E-state index in [1.165, 1.54) is 0 Å². The van der Waals surface area contributed by atoms with E-state index in [9.17, 15) is 9.90 Å². The maximum absolute atomic E-state index is 11.2. The quantitative estimate of drug-likeness (QED) is 0.908. The Morgan fingerprint density at radius 1 is 1.56 bits per heavy atom. The Kier molecular flexibility index (Phi) is 3.87. The van der Waals surface area contributed by atoms with Crippen molar-refractivity contribution < 1.29 is 9.90 Å². The van der Waals surface area contributed by atoms with E-state index in [1.807, 2.05) is 11.0 Å². The van der Waals surface area contributed by atoms with Crippen LogP contribution in [0, 0.1) is 11.3 Å². The average Bonchev–Trinajstić information content (AvgIpc) is 3.13. The Morgan fingerprint density at radius 2 is 2.28 bits per heavy atom. The summed E-state index contributed by atoms with van der Waals surface area (Å²) in [7, 11) is 0. The van der Waals surface area contributed by atoms with Gasteiger partial charge in [-0.2, -0.15) is 5.26 Å². The monoisotopic (exact) mass is 308 g/mol. The topological polar surface area (TPSA) is 64.3 Å². The van der Waals surface area contributed by atoms with Crippen LogP contribution in [0.3, 0.4) is 0 Å². The van der Waals surface area contributed by atoms with E-state index in [2.05, 4.69) is 22.0 Å². The predicted octanol–water partition coefficient (Wildman–Crippen LogP) is 3.03. The molecule has 0 radical (unpaired) electrons. The Labute approximate surface area is 114 Å². The molecule has 1 saturated carbocycles. The lowest BCUT2D eigenvalue weighted by molar-refractivity contribution is 0.0697. The predicted molar refractivity (Wildman–Crippen MR) is 71.7 cm³/mol. The van der Waals surface area contributed by atoms with E-state index >= 15 is 0 Å². The highest BCUT2D eigenvalue weighted by Gasteiger charge is 2.31. The highest BCUT2D eigenvalue weighted by molar-refractivity contribution is 9.10. The first-order chi connectivity index (χ1) is 8.63. The molecule has 4 nitrogen and oxygen atoms in total. The van der Waals surface area contributed by atoms with Crippen LogP contribution in [0.15, 0.2) is 22.7 Å². The van der Waals surface area contributed by atoms with Gasteiger partial charge in [-0.3, -0.25) is 0 Å². The summed E-state index contributed by atoms with van der Waals surface area (Å²) in [5.41, 5.74) is 0.998. The van der Waals surface area contributed by atoms with E-state index in [0.29, 0.717) is 30.3 Å². The highest BCUT2D eigenvalue weighted by Crippen LogP contribution is 2.35. The van der Waals surface area contributed by atoms with Crippen LogP contribution in [0.1, 0.15) is 29.6 Å². The number of rotatable bonds is 5. The first kappa shape index (κ1) is 12.9. The van der Waals surface area contributed by atoms with Crippen LogP contribution < -0.4 is 4.90 Å². The summed E-state index contributed by atoms with van der Waals surface area (Å²) >= 11 is 3.37. The maximum atomic E-state index is 11.2. The third kappa shape index (κ3) is 2.82. The largest absolute Gasteiger partial charge is 0.478 e. The van der Waals surface area contributed by atoms with Gasteiger partial charge in [0.15, 0.2) is 0 Å². The third-order valence-electron chi connectivity index (χ3n) is 2.95. The van der Waals surface area contributed by atoms with Crippen LogP contribution in [0.2, 0.25) is 0 Å². The highest BCUT2D eigenvalue weighted by atomic mass is 79.9. The number of aromatic carboxylic acids is 1. The fraction of sp³-hybridized carbons (Fsp3) is 0.385. The van der Waals surface area contributed by atoms with Crippen LogP contribution in [-0.4, -0.2) is 23.7 Å². The van der Waals surface area contributed by atoms with E-state index < -0.39 is 5.97 Å². The maximum Gasteiger partial charge on any atom is 0.337 e. The standard InChI is InChI=1S/C13H13BrN2O2/c14-9-2-5-11(13(17)18)12(8-9)16(7-1-6-15)10-3-4-10/h2,5,8,10H,1,3-4,7H2,(H,17,18). The number of carboxylic acid groups (broad SMARTS) is 1. The first-order valence-electron chi connectivity index (χ1n) is 5.80. The summed E-state index contributed by atoms with van der Waals surface area (Å²) in [4.78, 5) is 13.3. The zero-order chi connectivity index (χ0) is 13.1. The number of carbonyl (C=O) groups is 1. The Bertz CT molecular complexity index is 506. The number of hydrogen-bond donors (Lipinski definition) is 1. The molecule has 0 saturated heterocycles. The molecule has 18 heavy (non-hydrogen) atoms.